The maximum absolute atomic E-state index is 12.4. The molecule has 0 bridgehead atoms. The largest absolute Gasteiger partial charge is 0.448 e. The SMILES string of the molecule is C[C@@H]1CCCC[C@@H]1NC(=O)[C@@H](C)OC(=O)/C(C#N)=C/c1ccc(N(C)C)cc1. The summed E-state index contributed by atoms with van der Waals surface area (Å²) in [5, 5.41) is 12.3. The number of rotatable bonds is 6. The number of nitrogens with one attached hydrogen (secondary N) is 1. The first kappa shape index (κ1) is 21.5. The van der Waals surface area contributed by atoms with Crippen molar-refractivity contribution in [2.24, 2.45) is 5.92 Å². The van der Waals surface area contributed by atoms with E-state index in [-0.39, 0.29) is 17.5 Å². The molecule has 1 fully saturated rings. The Labute approximate surface area is 167 Å². The summed E-state index contributed by atoms with van der Waals surface area (Å²) < 4.78 is 5.23. The van der Waals surface area contributed by atoms with Crippen LogP contribution in [0.15, 0.2) is 29.8 Å². The molecule has 1 aromatic rings. The molecule has 1 aliphatic carbocycles. The highest BCUT2D eigenvalue weighted by atomic mass is 16.5. The van der Waals surface area contributed by atoms with Gasteiger partial charge in [-0.1, -0.05) is 31.9 Å². The van der Waals surface area contributed by atoms with Gasteiger partial charge in [0.05, 0.1) is 0 Å². The predicted octanol–water partition coefficient (Wildman–Crippen LogP) is 3.29. The second-order valence-electron chi connectivity index (χ2n) is 7.58. The van der Waals surface area contributed by atoms with Gasteiger partial charge in [-0.25, -0.2) is 4.79 Å². The first-order valence-corrected chi connectivity index (χ1v) is 9.72. The van der Waals surface area contributed by atoms with E-state index in [4.69, 9.17) is 4.74 Å². The average Bonchev–Trinajstić information content (AvgIpc) is 2.67. The normalized spacial score (nSPS) is 20.6. The fourth-order valence-corrected chi connectivity index (χ4v) is 3.28. The van der Waals surface area contributed by atoms with E-state index in [2.05, 4.69) is 12.2 Å². The Morgan fingerprint density at radius 2 is 1.89 bits per heavy atom. The van der Waals surface area contributed by atoms with Gasteiger partial charge in [0.25, 0.3) is 5.91 Å². The van der Waals surface area contributed by atoms with Gasteiger partial charge >= 0.3 is 5.97 Å². The van der Waals surface area contributed by atoms with Crippen molar-refractivity contribution in [1.82, 2.24) is 5.32 Å². The maximum atomic E-state index is 12.4. The number of ether oxygens (including phenoxy) is 1. The van der Waals surface area contributed by atoms with E-state index in [1.165, 1.54) is 19.4 Å². The number of hydrogen-bond donors (Lipinski definition) is 1. The molecule has 6 heteroatoms. The molecule has 1 aromatic carbocycles. The van der Waals surface area contributed by atoms with Crippen LogP contribution in [0.25, 0.3) is 6.08 Å². The fourth-order valence-electron chi connectivity index (χ4n) is 3.28. The van der Waals surface area contributed by atoms with E-state index in [1.807, 2.05) is 49.3 Å². The van der Waals surface area contributed by atoms with E-state index < -0.39 is 12.1 Å². The summed E-state index contributed by atoms with van der Waals surface area (Å²) in [6.45, 7) is 3.65. The highest BCUT2D eigenvalue weighted by Crippen LogP contribution is 2.24. The van der Waals surface area contributed by atoms with Crippen molar-refractivity contribution in [3.63, 3.8) is 0 Å². The van der Waals surface area contributed by atoms with Crippen LogP contribution in [-0.2, 0) is 14.3 Å². The summed E-state index contributed by atoms with van der Waals surface area (Å²) in [4.78, 5) is 26.7. The molecule has 0 aliphatic heterocycles. The Hall–Kier alpha value is -2.81. The van der Waals surface area contributed by atoms with E-state index in [0.717, 1.165) is 24.9 Å². The van der Waals surface area contributed by atoms with Gasteiger partial charge in [-0.3, -0.25) is 4.79 Å². The number of hydrogen-bond acceptors (Lipinski definition) is 5. The lowest BCUT2D eigenvalue weighted by Crippen LogP contribution is -2.46. The summed E-state index contributed by atoms with van der Waals surface area (Å²) in [6.07, 6.45) is 4.83. The van der Waals surface area contributed by atoms with Gasteiger partial charge in [0, 0.05) is 25.8 Å². The standard InChI is InChI=1S/C22H29N3O3/c1-15-7-5-6-8-20(15)24-21(26)16(2)28-22(27)18(14-23)13-17-9-11-19(12-10-17)25(3)4/h9-13,15-16,20H,5-8H2,1-4H3,(H,24,26)/b18-13+/t15-,16-,20+/m1/s1. The highest BCUT2D eigenvalue weighted by molar-refractivity contribution is 5.99. The van der Waals surface area contributed by atoms with Crippen LogP contribution in [0, 0.1) is 17.2 Å². The molecule has 0 radical (unpaired) electrons. The van der Waals surface area contributed by atoms with Crippen molar-refractivity contribution in [3.8, 4) is 6.07 Å². The Kier molecular flexibility index (Phi) is 7.62. The Morgan fingerprint density at radius 1 is 1.25 bits per heavy atom. The van der Waals surface area contributed by atoms with Crippen molar-refractivity contribution in [2.45, 2.75) is 51.7 Å². The summed E-state index contributed by atoms with van der Waals surface area (Å²) in [5.74, 6) is -0.696. The molecule has 1 amide bonds. The van der Waals surface area contributed by atoms with Crippen LogP contribution in [0.3, 0.4) is 0 Å². The molecule has 1 saturated carbocycles. The third kappa shape index (κ3) is 5.85. The second-order valence-corrected chi connectivity index (χ2v) is 7.58. The van der Waals surface area contributed by atoms with Gasteiger partial charge in [-0.15, -0.1) is 0 Å². The van der Waals surface area contributed by atoms with Crippen LogP contribution in [0.5, 0.6) is 0 Å². The number of carbonyl (C=O) groups is 2. The number of benzene rings is 1. The average molecular weight is 383 g/mol. The van der Waals surface area contributed by atoms with E-state index in [1.54, 1.807) is 0 Å². The highest BCUT2D eigenvalue weighted by Gasteiger charge is 2.27. The molecule has 0 aromatic heterocycles. The van der Waals surface area contributed by atoms with E-state index in [0.29, 0.717) is 11.5 Å². The van der Waals surface area contributed by atoms with E-state index in [9.17, 15) is 14.9 Å². The van der Waals surface area contributed by atoms with Crippen LogP contribution in [-0.4, -0.2) is 38.1 Å². The first-order chi connectivity index (χ1) is 13.3. The topological polar surface area (TPSA) is 82.4 Å². The van der Waals surface area contributed by atoms with Gasteiger partial charge in [0.1, 0.15) is 11.6 Å². The molecule has 1 N–H and O–H groups in total. The van der Waals surface area contributed by atoms with Crippen LogP contribution in [0.1, 0.15) is 45.1 Å². The number of carbonyl (C=O) groups excluding carboxylic acids is 2. The molecule has 0 spiro atoms. The van der Waals surface area contributed by atoms with E-state index >= 15 is 0 Å². The molecule has 0 unspecified atom stereocenters. The molecule has 0 saturated heterocycles. The molecule has 150 valence electrons. The molecular weight excluding hydrogens is 354 g/mol. The first-order valence-electron chi connectivity index (χ1n) is 9.72. The summed E-state index contributed by atoms with van der Waals surface area (Å²) in [5.41, 5.74) is 1.59. The minimum Gasteiger partial charge on any atom is -0.448 e. The van der Waals surface area contributed by atoms with Crippen molar-refractivity contribution in [3.05, 3.63) is 35.4 Å². The zero-order valence-corrected chi connectivity index (χ0v) is 17.1. The zero-order chi connectivity index (χ0) is 20.7. The summed E-state index contributed by atoms with van der Waals surface area (Å²) in [6, 6.07) is 9.41. The Bertz CT molecular complexity index is 762. The third-order valence-electron chi connectivity index (χ3n) is 5.15. The van der Waals surface area contributed by atoms with Crippen LogP contribution in [0.4, 0.5) is 5.69 Å². The molecule has 6 nitrogen and oxygen atoms in total. The smallest absolute Gasteiger partial charge is 0.349 e. The van der Waals surface area contributed by atoms with Crippen molar-refractivity contribution in [2.75, 3.05) is 19.0 Å². The number of anilines is 1. The molecule has 3 atom stereocenters. The lowest BCUT2D eigenvalue weighted by atomic mass is 9.86. The predicted molar refractivity (Wildman–Crippen MR) is 109 cm³/mol. The molecule has 0 heterocycles. The van der Waals surface area contributed by atoms with Gasteiger partial charge in [-0.05, 0) is 49.5 Å². The summed E-state index contributed by atoms with van der Waals surface area (Å²) >= 11 is 0. The molecule has 2 rings (SSSR count). The van der Waals surface area contributed by atoms with Gasteiger partial charge < -0.3 is 15.0 Å². The van der Waals surface area contributed by atoms with Gasteiger partial charge in [0.2, 0.25) is 0 Å². The molecule has 1 aliphatic rings. The Morgan fingerprint density at radius 3 is 2.46 bits per heavy atom. The Balaban J connectivity index is 1.98. The quantitative estimate of drug-likeness (QED) is 0.463. The molecular formula is C22H29N3O3. The maximum Gasteiger partial charge on any atom is 0.349 e. The monoisotopic (exact) mass is 383 g/mol. The lowest BCUT2D eigenvalue weighted by molar-refractivity contribution is -0.151. The van der Waals surface area contributed by atoms with Gasteiger partial charge in [0.15, 0.2) is 6.10 Å². The fraction of sp³-hybridized carbons (Fsp3) is 0.500. The van der Waals surface area contributed by atoms with Crippen molar-refractivity contribution >= 4 is 23.6 Å². The van der Waals surface area contributed by atoms with Gasteiger partial charge in [-0.2, -0.15) is 5.26 Å². The number of amides is 1. The minimum atomic E-state index is -0.950. The third-order valence-corrected chi connectivity index (χ3v) is 5.15. The number of nitriles is 1. The number of esters is 1. The van der Waals surface area contributed by atoms with Crippen LogP contribution < -0.4 is 10.2 Å². The van der Waals surface area contributed by atoms with Crippen LogP contribution >= 0.6 is 0 Å². The lowest BCUT2D eigenvalue weighted by Gasteiger charge is -2.30. The summed E-state index contributed by atoms with van der Waals surface area (Å²) in [7, 11) is 3.87. The van der Waals surface area contributed by atoms with Crippen LogP contribution in [0.2, 0.25) is 0 Å². The number of nitrogens with zero attached hydrogens (tertiary/aromatic N) is 2. The second kappa shape index (κ2) is 9.93. The zero-order valence-electron chi connectivity index (χ0n) is 17.1. The minimum absolute atomic E-state index is 0.114. The molecule has 28 heavy (non-hydrogen) atoms. The van der Waals surface area contributed by atoms with Crippen molar-refractivity contribution < 1.29 is 14.3 Å². The van der Waals surface area contributed by atoms with Crippen molar-refractivity contribution in [1.29, 1.82) is 5.26 Å².